The average Bonchev–Trinajstić information content (AvgIpc) is 2.17. The maximum Gasteiger partial charge on any atom is 0.228 e. The molecule has 1 fully saturated rings. The van der Waals surface area contributed by atoms with Crippen LogP contribution >= 0.6 is 0 Å². The highest BCUT2D eigenvalue weighted by Gasteiger charge is 2.38. The van der Waals surface area contributed by atoms with Gasteiger partial charge < -0.3 is 19.7 Å². The first-order valence-electron chi connectivity index (χ1n) is 2.91. The Balaban J connectivity index is 2.61. The SMILES string of the molecule is C=C1OC(OC)C(O)C1O. The minimum Gasteiger partial charge on any atom is -0.464 e. The van der Waals surface area contributed by atoms with E-state index in [0.29, 0.717) is 0 Å². The van der Waals surface area contributed by atoms with Crippen LogP contribution in [-0.4, -0.2) is 35.8 Å². The lowest BCUT2D eigenvalue weighted by atomic mass is 10.2. The highest BCUT2D eigenvalue weighted by atomic mass is 16.7. The van der Waals surface area contributed by atoms with Crippen LogP contribution in [0.15, 0.2) is 12.3 Å². The Morgan fingerprint density at radius 3 is 2.40 bits per heavy atom. The number of ether oxygens (including phenoxy) is 2. The molecule has 0 bridgehead atoms. The molecular weight excluding hydrogens is 136 g/mol. The Labute approximate surface area is 58.7 Å². The van der Waals surface area contributed by atoms with Gasteiger partial charge in [-0.05, 0) is 0 Å². The standard InChI is InChI=1S/C6H10O4/c1-3-4(7)5(8)6(9-2)10-3/h4-8H,1H2,2H3. The van der Waals surface area contributed by atoms with Gasteiger partial charge in [-0.15, -0.1) is 0 Å². The van der Waals surface area contributed by atoms with Crippen molar-refractivity contribution in [1.82, 2.24) is 0 Å². The molecule has 1 saturated heterocycles. The normalized spacial score (nSPS) is 39.9. The fourth-order valence-electron chi connectivity index (χ4n) is 0.815. The lowest BCUT2D eigenvalue weighted by Crippen LogP contribution is -2.30. The van der Waals surface area contributed by atoms with E-state index in [9.17, 15) is 0 Å². The molecule has 4 nitrogen and oxygen atoms in total. The second-order valence-electron chi connectivity index (χ2n) is 2.12. The van der Waals surface area contributed by atoms with Crippen LogP contribution in [0.5, 0.6) is 0 Å². The van der Waals surface area contributed by atoms with E-state index < -0.39 is 18.5 Å². The van der Waals surface area contributed by atoms with E-state index in [0.717, 1.165) is 0 Å². The summed E-state index contributed by atoms with van der Waals surface area (Å²) in [6, 6.07) is 0. The summed E-state index contributed by atoms with van der Waals surface area (Å²) in [7, 11) is 1.39. The quantitative estimate of drug-likeness (QED) is 0.509. The summed E-state index contributed by atoms with van der Waals surface area (Å²) in [5.41, 5.74) is 0. The summed E-state index contributed by atoms with van der Waals surface area (Å²) in [5, 5.41) is 18.1. The van der Waals surface area contributed by atoms with E-state index in [2.05, 4.69) is 11.3 Å². The number of rotatable bonds is 1. The van der Waals surface area contributed by atoms with Crippen LogP contribution < -0.4 is 0 Å². The van der Waals surface area contributed by atoms with Gasteiger partial charge in [0, 0.05) is 7.11 Å². The lowest BCUT2D eigenvalue weighted by Gasteiger charge is -2.10. The van der Waals surface area contributed by atoms with Crippen LogP contribution in [0.25, 0.3) is 0 Å². The van der Waals surface area contributed by atoms with Gasteiger partial charge in [0.25, 0.3) is 0 Å². The molecule has 58 valence electrons. The Kier molecular flexibility index (Phi) is 1.94. The maximum absolute atomic E-state index is 9.07. The van der Waals surface area contributed by atoms with Gasteiger partial charge in [0.05, 0.1) is 0 Å². The summed E-state index contributed by atoms with van der Waals surface area (Å²) in [4.78, 5) is 0. The number of hydrogen-bond acceptors (Lipinski definition) is 4. The summed E-state index contributed by atoms with van der Waals surface area (Å²) >= 11 is 0. The third-order valence-electron chi connectivity index (χ3n) is 1.43. The second-order valence-corrected chi connectivity index (χ2v) is 2.12. The summed E-state index contributed by atoms with van der Waals surface area (Å²) < 4.78 is 9.49. The third kappa shape index (κ3) is 1.01. The number of hydrogen-bond donors (Lipinski definition) is 2. The molecule has 1 heterocycles. The van der Waals surface area contributed by atoms with Crippen molar-refractivity contribution in [2.75, 3.05) is 7.11 Å². The molecule has 0 spiro atoms. The molecule has 3 unspecified atom stereocenters. The van der Waals surface area contributed by atoms with Gasteiger partial charge in [0.15, 0.2) is 0 Å². The van der Waals surface area contributed by atoms with Crippen LogP contribution in [0.3, 0.4) is 0 Å². The van der Waals surface area contributed by atoms with Crippen LogP contribution in [0.2, 0.25) is 0 Å². The van der Waals surface area contributed by atoms with Crippen molar-refractivity contribution in [1.29, 1.82) is 0 Å². The fraction of sp³-hybridized carbons (Fsp3) is 0.667. The minimum atomic E-state index is -1.02. The molecule has 4 heteroatoms. The smallest absolute Gasteiger partial charge is 0.228 e. The predicted molar refractivity (Wildman–Crippen MR) is 33.0 cm³/mol. The van der Waals surface area contributed by atoms with Crippen LogP contribution in [0.4, 0.5) is 0 Å². The van der Waals surface area contributed by atoms with E-state index >= 15 is 0 Å². The fourth-order valence-corrected chi connectivity index (χ4v) is 0.815. The first-order chi connectivity index (χ1) is 4.66. The predicted octanol–water partition coefficient (Wildman–Crippen LogP) is -0.775. The highest BCUT2D eigenvalue weighted by Crippen LogP contribution is 2.22. The molecule has 10 heavy (non-hydrogen) atoms. The van der Waals surface area contributed by atoms with Crippen molar-refractivity contribution in [3.05, 3.63) is 12.3 Å². The largest absolute Gasteiger partial charge is 0.464 e. The molecule has 2 N–H and O–H groups in total. The molecule has 0 radical (unpaired) electrons. The van der Waals surface area contributed by atoms with Crippen molar-refractivity contribution in [2.24, 2.45) is 0 Å². The van der Waals surface area contributed by atoms with E-state index in [1.165, 1.54) is 7.11 Å². The number of methoxy groups -OCH3 is 1. The molecule has 0 amide bonds. The molecule has 1 rings (SSSR count). The van der Waals surface area contributed by atoms with Gasteiger partial charge in [-0.3, -0.25) is 0 Å². The third-order valence-corrected chi connectivity index (χ3v) is 1.43. The topological polar surface area (TPSA) is 58.9 Å². The first kappa shape index (κ1) is 7.53. The zero-order valence-corrected chi connectivity index (χ0v) is 5.65. The van der Waals surface area contributed by atoms with Gasteiger partial charge in [0.1, 0.15) is 18.0 Å². The van der Waals surface area contributed by atoms with Crippen molar-refractivity contribution in [3.63, 3.8) is 0 Å². The molecule has 1 aliphatic rings. The molecule has 0 aromatic heterocycles. The van der Waals surface area contributed by atoms with Crippen molar-refractivity contribution in [2.45, 2.75) is 18.5 Å². The van der Waals surface area contributed by atoms with E-state index in [-0.39, 0.29) is 5.76 Å². The second kappa shape index (κ2) is 2.57. The van der Waals surface area contributed by atoms with Gasteiger partial charge >= 0.3 is 0 Å². The van der Waals surface area contributed by atoms with Crippen LogP contribution in [0.1, 0.15) is 0 Å². The van der Waals surface area contributed by atoms with E-state index in [1.54, 1.807) is 0 Å². The highest BCUT2D eigenvalue weighted by molar-refractivity contribution is 5.03. The number of aliphatic hydroxyl groups excluding tert-OH is 2. The van der Waals surface area contributed by atoms with E-state index in [1.807, 2.05) is 0 Å². The Morgan fingerprint density at radius 1 is 1.60 bits per heavy atom. The summed E-state index contributed by atoms with van der Waals surface area (Å²) in [6.45, 7) is 3.37. The molecule has 0 aromatic carbocycles. The van der Waals surface area contributed by atoms with Crippen LogP contribution in [-0.2, 0) is 9.47 Å². The summed E-state index contributed by atoms with van der Waals surface area (Å²) in [5.74, 6) is 0.152. The zero-order valence-electron chi connectivity index (χ0n) is 5.65. The van der Waals surface area contributed by atoms with Crippen LogP contribution in [0, 0.1) is 0 Å². The van der Waals surface area contributed by atoms with Gasteiger partial charge in [-0.25, -0.2) is 0 Å². The number of aliphatic hydroxyl groups is 2. The van der Waals surface area contributed by atoms with E-state index in [4.69, 9.17) is 14.9 Å². The first-order valence-corrected chi connectivity index (χ1v) is 2.91. The van der Waals surface area contributed by atoms with Gasteiger partial charge in [-0.2, -0.15) is 0 Å². The monoisotopic (exact) mass is 146 g/mol. The maximum atomic E-state index is 9.07. The molecule has 0 saturated carbocycles. The van der Waals surface area contributed by atoms with Crippen molar-refractivity contribution in [3.8, 4) is 0 Å². The van der Waals surface area contributed by atoms with Crippen molar-refractivity contribution >= 4 is 0 Å². The molecule has 3 atom stereocenters. The lowest BCUT2D eigenvalue weighted by molar-refractivity contribution is -0.126. The Hall–Kier alpha value is -0.580. The van der Waals surface area contributed by atoms with Gasteiger partial charge in [-0.1, -0.05) is 6.58 Å². The minimum absolute atomic E-state index is 0.152. The zero-order chi connectivity index (χ0) is 7.72. The van der Waals surface area contributed by atoms with Gasteiger partial charge in [0.2, 0.25) is 6.29 Å². The summed E-state index contributed by atoms with van der Waals surface area (Å²) in [6.07, 6.45) is -2.81. The molecular formula is C6H10O4. The molecule has 1 aliphatic heterocycles. The Morgan fingerprint density at radius 2 is 2.20 bits per heavy atom. The average molecular weight is 146 g/mol. The molecule has 0 aliphatic carbocycles. The van der Waals surface area contributed by atoms with Crippen molar-refractivity contribution < 1.29 is 19.7 Å². The Bertz CT molecular complexity index is 145. The molecule has 0 aromatic rings.